The lowest BCUT2D eigenvalue weighted by molar-refractivity contribution is -0.167. The molecule has 1 unspecified atom stereocenters. The van der Waals surface area contributed by atoms with Crippen LogP contribution < -0.4 is 0 Å². The zero-order valence-electron chi connectivity index (χ0n) is 48.3. The Labute approximate surface area is 461 Å². The maximum absolute atomic E-state index is 12.9. The van der Waals surface area contributed by atoms with Crippen LogP contribution in [-0.2, 0) is 28.6 Å². The first kappa shape index (κ1) is 70.3. The smallest absolute Gasteiger partial charge is 0.306 e. The van der Waals surface area contributed by atoms with E-state index in [9.17, 15) is 14.4 Å². The Kier molecular flexibility index (Phi) is 58.0. The summed E-state index contributed by atoms with van der Waals surface area (Å²) in [7, 11) is 0. The van der Waals surface area contributed by atoms with Crippen molar-refractivity contribution in [2.24, 2.45) is 0 Å². The molecule has 0 aromatic rings. The van der Waals surface area contributed by atoms with Gasteiger partial charge in [-0.15, -0.1) is 0 Å². The third-order valence-electron chi connectivity index (χ3n) is 12.3. The maximum Gasteiger partial charge on any atom is 0.306 e. The minimum Gasteiger partial charge on any atom is -0.462 e. The lowest BCUT2D eigenvalue weighted by Crippen LogP contribution is -2.30. The number of hydrogen-bond donors (Lipinski definition) is 0. The Morgan fingerprint density at radius 3 is 0.747 bits per heavy atom. The Balaban J connectivity index is 4.47. The molecule has 0 aromatic carbocycles. The zero-order chi connectivity index (χ0) is 54.3. The van der Waals surface area contributed by atoms with Gasteiger partial charge in [0.05, 0.1) is 0 Å². The number of ether oxygens (including phenoxy) is 3. The molecular formula is C69H110O6. The molecule has 0 spiro atoms. The molecule has 0 saturated heterocycles. The van der Waals surface area contributed by atoms with Gasteiger partial charge in [0, 0.05) is 19.3 Å². The summed E-state index contributed by atoms with van der Waals surface area (Å²) in [4.78, 5) is 38.3. The molecule has 1 atom stereocenters. The highest BCUT2D eigenvalue weighted by Gasteiger charge is 2.19. The number of unbranched alkanes of at least 4 members (excludes halogenated alkanes) is 18. The second-order valence-electron chi connectivity index (χ2n) is 19.5. The Morgan fingerprint density at radius 2 is 0.480 bits per heavy atom. The summed E-state index contributed by atoms with van der Waals surface area (Å²) in [5.74, 6) is -0.949. The lowest BCUT2D eigenvalue weighted by Gasteiger charge is -2.18. The molecule has 422 valence electrons. The first-order chi connectivity index (χ1) is 37.0. The van der Waals surface area contributed by atoms with E-state index in [2.05, 4.69) is 167 Å². The molecule has 0 aliphatic carbocycles. The molecule has 0 bridgehead atoms. The number of rotatable bonds is 53. The second-order valence-corrected chi connectivity index (χ2v) is 19.5. The fraction of sp³-hybridized carbons (Fsp3) is 0.609. The number of carbonyl (C=O) groups is 3. The van der Waals surface area contributed by atoms with Crippen molar-refractivity contribution in [2.75, 3.05) is 13.2 Å². The van der Waals surface area contributed by atoms with Gasteiger partial charge in [-0.25, -0.2) is 0 Å². The van der Waals surface area contributed by atoms with Crippen molar-refractivity contribution in [1.29, 1.82) is 0 Å². The van der Waals surface area contributed by atoms with Crippen LogP contribution in [0.15, 0.2) is 146 Å². The van der Waals surface area contributed by atoms with Gasteiger partial charge in [-0.1, -0.05) is 244 Å². The van der Waals surface area contributed by atoms with Crippen LogP contribution in [0.4, 0.5) is 0 Å². The zero-order valence-corrected chi connectivity index (χ0v) is 48.3. The summed E-state index contributed by atoms with van der Waals surface area (Å²) in [5.41, 5.74) is 0. The number of hydrogen-bond acceptors (Lipinski definition) is 6. The molecule has 0 aliphatic rings. The quantitative estimate of drug-likeness (QED) is 0.0261. The van der Waals surface area contributed by atoms with Gasteiger partial charge in [0.15, 0.2) is 6.10 Å². The van der Waals surface area contributed by atoms with Gasteiger partial charge in [0.1, 0.15) is 13.2 Å². The molecule has 0 saturated carbocycles. The first-order valence-electron chi connectivity index (χ1n) is 30.3. The van der Waals surface area contributed by atoms with E-state index in [0.717, 1.165) is 161 Å². The van der Waals surface area contributed by atoms with Crippen molar-refractivity contribution in [1.82, 2.24) is 0 Å². The third-order valence-corrected chi connectivity index (χ3v) is 12.3. The minimum atomic E-state index is -0.808. The van der Waals surface area contributed by atoms with Gasteiger partial charge >= 0.3 is 17.9 Å². The number of carbonyl (C=O) groups excluding carboxylic acids is 3. The predicted octanol–water partition coefficient (Wildman–Crippen LogP) is 20.8. The van der Waals surface area contributed by atoms with E-state index in [0.29, 0.717) is 12.8 Å². The van der Waals surface area contributed by atoms with Gasteiger partial charge < -0.3 is 14.2 Å². The largest absolute Gasteiger partial charge is 0.462 e. The fourth-order valence-electron chi connectivity index (χ4n) is 7.89. The maximum atomic E-state index is 12.9. The standard InChI is InChI=1S/C69H110O6/c1-4-7-10-13-16-19-22-25-28-31-32-33-34-35-36-39-41-44-47-50-53-56-59-62-68(71)74-65-66(75-69(72)63-60-57-54-51-48-45-42-38-30-27-24-21-18-15-12-9-6-3)64-73-67(70)61-58-55-52-49-46-43-40-37-29-26-23-20-17-14-11-8-5-2/h7-12,16-21,25-30,32-33,35-36,42,45,66H,4-6,13-15,22-24,31,34,37-41,43-44,46-65H2,1-3H3/b10-7-,11-8-,12-9-,19-16-,20-17-,21-18-,28-25-,29-26-,30-27-,33-32-,36-35-,45-42-. The Bertz CT molecular complexity index is 1660. The average Bonchev–Trinajstić information content (AvgIpc) is 3.41. The van der Waals surface area contributed by atoms with E-state index in [1.165, 1.54) is 51.4 Å². The molecule has 0 aromatic heterocycles. The molecule has 0 N–H and O–H groups in total. The highest BCUT2D eigenvalue weighted by atomic mass is 16.6. The van der Waals surface area contributed by atoms with Crippen LogP contribution in [0.1, 0.15) is 252 Å². The SMILES string of the molecule is CC/C=C\C/C=C\C/C=C\C/C=C\C/C=C\CCCCCCCCCC(=O)OCC(COC(=O)CCCCCCCCC/C=C\C/C=C\C/C=C\CC)OC(=O)CCCCCC/C=C\C/C=C\C/C=C\C/C=C\CC. The summed E-state index contributed by atoms with van der Waals surface area (Å²) < 4.78 is 16.9. The van der Waals surface area contributed by atoms with Crippen molar-refractivity contribution in [3.8, 4) is 0 Å². The minimum absolute atomic E-state index is 0.102. The van der Waals surface area contributed by atoms with Crippen molar-refractivity contribution in [2.45, 2.75) is 258 Å². The van der Waals surface area contributed by atoms with Crippen LogP contribution in [-0.4, -0.2) is 37.2 Å². The summed E-state index contributed by atoms with van der Waals surface area (Å²) in [6.45, 7) is 6.26. The van der Waals surface area contributed by atoms with Gasteiger partial charge in [-0.2, -0.15) is 0 Å². The van der Waals surface area contributed by atoms with Crippen LogP contribution in [0.2, 0.25) is 0 Å². The van der Waals surface area contributed by atoms with Crippen LogP contribution >= 0.6 is 0 Å². The second kappa shape index (κ2) is 61.8. The third kappa shape index (κ3) is 60.0. The van der Waals surface area contributed by atoms with E-state index in [1.54, 1.807) is 0 Å². The van der Waals surface area contributed by atoms with E-state index in [1.807, 2.05) is 0 Å². The van der Waals surface area contributed by atoms with E-state index >= 15 is 0 Å². The monoisotopic (exact) mass is 1030 g/mol. The summed E-state index contributed by atoms with van der Waals surface area (Å²) in [5, 5.41) is 0. The molecular weight excluding hydrogens is 925 g/mol. The Morgan fingerprint density at radius 1 is 0.267 bits per heavy atom. The number of esters is 3. The molecule has 6 heteroatoms. The average molecular weight is 1040 g/mol. The first-order valence-corrected chi connectivity index (χ1v) is 30.3. The molecule has 0 aliphatic heterocycles. The highest BCUT2D eigenvalue weighted by molar-refractivity contribution is 5.71. The van der Waals surface area contributed by atoms with Gasteiger partial charge in [-0.05, 0) is 135 Å². The van der Waals surface area contributed by atoms with E-state index in [-0.39, 0.29) is 37.5 Å². The normalized spacial score (nSPS) is 13.2. The molecule has 0 amide bonds. The summed E-state index contributed by atoms with van der Waals surface area (Å²) >= 11 is 0. The van der Waals surface area contributed by atoms with Crippen molar-refractivity contribution >= 4 is 17.9 Å². The molecule has 0 fully saturated rings. The van der Waals surface area contributed by atoms with Crippen LogP contribution in [0.5, 0.6) is 0 Å². The fourth-order valence-corrected chi connectivity index (χ4v) is 7.89. The summed E-state index contributed by atoms with van der Waals surface area (Å²) in [6, 6.07) is 0. The predicted molar refractivity (Wildman–Crippen MR) is 325 cm³/mol. The highest BCUT2D eigenvalue weighted by Crippen LogP contribution is 2.14. The molecule has 6 nitrogen and oxygen atoms in total. The number of allylic oxidation sites excluding steroid dienone is 24. The Hall–Kier alpha value is -4.71. The van der Waals surface area contributed by atoms with Crippen molar-refractivity contribution in [3.05, 3.63) is 146 Å². The van der Waals surface area contributed by atoms with Crippen LogP contribution in [0.3, 0.4) is 0 Å². The van der Waals surface area contributed by atoms with E-state index < -0.39 is 6.10 Å². The molecule has 75 heavy (non-hydrogen) atoms. The van der Waals surface area contributed by atoms with Crippen molar-refractivity contribution in [3.63, 3.8) is 0 Å². The molecule has 0 rings (SSSR count). The van der Waals surface area contributed by atoms with Crippen LogP contribution in [0, 0.1) is 0 Å². The van der Waals surface area contributed by atoms with E-state index in [4.69, 9.17) is 14.2 Å². The van der Waals surface area contributed by atoms with Gasteiger partial charge in [0.2, 0.25) is 0 Å². The summed E-state index contributed by atoms with van der Waals surface area (Å²) in [6.07, 6.45) is 88.4. The molecule has 0 radical (unpaired) electrons. The molecule has 0 heterocycles. The van der Waals surface area contributed by atoms with Crippen molar-refractivity contribution < 1.29 is 28.6 Å². The lowest BCUT2D eigenvalue weighted by atomic mass is 10.1. The van der Waals surface area contributed by atoms with Gasteiger partial charge in [0.25, 0.3) is 0 Å². The topological polar surface area (TPSA) is 78.9 Å². The van der Waals surface area contributed by atoms with Crippen LogP contribution in [0.25, 0.3) is 0 Å². The van der Waals surface area contributed by atoms with Gasteiger partial charge in [-0.3, -0.25) is 14.4 Å².